The van der Waals surface area contributed by atoms with Gasteiger partial charge in [0.05, 0.1) is 22.8 Å². The molecular weight excluding hydrogens is 364 g/mol. The van der Waals surface area contributed by atoms with E-state index in [0.717, 1.165) is 5.56 Å². The normalized spacial score (nSPS) is 16.4. The van der Waals surface area contributed by atoms with Crippen LogP contribution in [0.3, 0.4) is 0 Å². The van der Waals surface area contributed by atoms with Crippen LogP contribution in [0.25, 0.3) is 0 Å². The average molecular weight is 388 g/mol. The van der Waals surface area contributed by atoms with Gasteiger partial charge >= 0.3 is 0 Å². The number of anilines is 2. The molecule has 1 amide bonds. The van der Waals surface area contributed by atoms with E-state index in [9.17, 15) is 13.2 Å². The highest BCUT2D eigenvalue weighted by molar-refractivity contribution is 7.92. The number of nitrogens with zero attached hydrogens (tertiary/aromatic N) is 2. The first-order chi connectivity index (χ1) is 12.7. The van der Waals surface area contributed by atoms with Gasteiger partial charge in [-0.05, 0) is 56.7 Å². The zero-order valence-electron chi connectivity index (χ0n) is 16.0. The van der Waals surface area contributed by atoms with E-state index in [1.807, 2.05) is 32.0 Å². The van der Waals surface area contributed by atoms with Gasteiger partial charge in [0.25, 0.3) is 10.0 Å². The maximum atomic E-state index is 13.3. The topological polar surface area (TPSA) is 66.9 Å². The summed E-state index contributed by atoms with van der Waals surface area (Å²) in [5, 5.41) is 0. The summed E-state index contributed by atoms with van der Waals surface area (Å²) < 4.78 is 33.7. The second kappa shape index (κ2) is 7.23. The minimum Gasteiger partial charge on any atom is -0.487 e. The van der Waals surface area contributed by atoms with E-state index in [4.69, 9.17) is 4.74 Å². The van der Waals surface area contributed by atoms with Crippen LogP contribution >= 0.6 is 0 Å². The van der Waals surface area contributed by atoms with E-state index in [-0.39, 0.29) is 16.9 Å². The van der Waals surface area contributed by atoms with Gasteiger partial charge in [-0.3, -0.25) is 9.10 Å². The number of aryl methyl sites for hydroxylation is 1. The molecule has 2 aromatic carbocycles. The van der Waals surface area contributed by atoms with Gasteiger partial charge in [0.2, 0.25) is 5.91 Å². The fraction of sp³-hybridized carbons (Fsp3) is 0.350. The predicted molar refractivity (Wildman–Crippen MR) is 106 cm³/mol. The first kappa shape index (κ1) is 19.2. The molecule has 27 heavy (non-hydrogen) atoms. The first-order valence-electron chi connectivity index (χ1n) is 8.92. The molecule has 0 aromatic heterocycles. The second-order valence-corrected chi connectivity index (χ2v) is 8.56. The molecule has 1 heterocycles. The number of carbonyl (C=O) groups is 1. The Labute approximate surface area is 160 Å². The third kappa shape index (κ3) is 3.64. The molecule has 144 valence electrons. The van der Waals surface area contributed by atoms with Crippen LogP contribution in [0.5, 0.6) is 5.75 Å². The number of sulfonamides is 1. The molecule has 0 spiro atoms. The van der Waals surface area contributed by atoms with E-state index in [1.165, 1.54) is 23.4 Å². The molecule has 0 fully saturated rings. The molecule has 0 bridgehead atoms. The Morgan fingerprint density at radius 1 is 1.26 bits per heavy atom. The molecule has 1 aliphatic heterocycles. The number of hydrogen-bond donors (Lipinski definition) is 0. The van der Waals surface area contributed by atoms with Crippen molar-refractivity contribution in [3.63, 3.8) is 0 Å². The van der Waals surface area contributed by atoms with Gasteiger partial charge in [-0.1, -0.05) is 12.1 Å². The first-order valence-corrected chi connectivity index (χ1v) is 10.4. The number of amides is 1. The van der Waals surface area contributed by atoms with E-state index in [2.05, 4.69) is 0 Å². The van der Waals surface area contributed by atoms with Crippen LogP contribution in [0.15, 0.2) is 47.4 Å². The molecule has 0 aliphatic carbocycles. The Morgan fingerprint density at radius 2 is 2.00 bits per heavy atom. The third-order valence-electron chi connectivity index (χ3n) is 4.53. The Balaban J connectivity index is 2.07. The number of hydrogen-bond acceptors (Lipinski definition) is 4. The number of rotatable bonds is 4. The molecule has 1 atom stereocenters. The quantitative estimate of drug-likeness (QED) is 0.806. The minimum absolute atomic E-state index is 0.133. The Kier molecular flexibility index (Phi) is 5.15. The van der Waals surface area contributed by atoms with Crippen LogP contribution in [0, 0.1) is 6.92 Å². The zero-order valence-corrected chi connectivity index (χ0v) is 16.8. The number of ether oxygens (including phenoxy) is 1. The van der Waals surface area contributed by atoms with Gasteiger partial charge in [0.1, 0.15) is 11.9 Å². The van der Waals surface area contributed by atoms with Crippen molar-refractivity contribution in [3.8, 4) is 5.75 Å². The summed E-state index contributed by atoms with van der Waals surface area (Å²) in [6, 6.07) is 12.1. The van der Waals surface area contributed by atoms with Crippen LogP contribution in [0.4, 0.5) is 11.4 Å². The maximum Gasteiger partial charge on any atom is 0.264 e. The minimum atomic E-state index is -3.78. The van der Waals surface area contributed by atoms with Crippen LogP contribution in [0.2, 0.25) is 0 Å². The zero-order chi connectivity index (χ0) is 19.8. The fourth-order valence-electron chi connectivity index (χ4n) is 3.28. The van der Waals surface area contributed by atoms with Crippen molar-refractivity contribution in [1.29, 1.82) is 0 Å². The Morgan fingerprint density at radius 3 is 2.63 bits per heavy atom. The van der Waals surface area contributed by atoms with Gasteiger partial charge < -0.3 is 9.64 Å². The van der Waals surface area contributed by atoms with Gasteiger partial charge in [-0.15, -0.1) is 0 Å². The van der Waals surface area contributed by atoms with Gasteiger partial charge in [0.15, 0.2) is 0 Å². The summed E-state index contributed by atoms with van der Waals surface area (Å²) in [6.07, 6.45) is -0.150. The summed E-state index contributed by atoms with van der Waals surface area (Å²) in [7, 11) is -3.78. The molecule has 0 radical (unpaired) electrons. The highest BCUT2D eigenvalue weighted by atomic mass is 32.2. The lowest BCUT2D eigenvalue weighted by atomic mass is 10.2. The summed E-state index contributed by atoms with van der Waals surface area (Å²) in [5.74, 6) is 0.369. The molecular formula is C20H24N2O4S. The van der Waals surface area contributed by atoms with Crippen molar-refractivity contribution in [2.45, 2.75) is 38.7 Å². The molecule has 3 rings (SSSR count). The third-order valence-corrected chi connectivity index (χ3v) is 6.43. The molecule has 0 saturated heterocycles. The van der Waals surface area contributed by atoms with E-state index >= 15 is 0 Å². The lowest BCUT2D eigenvalue weighted by Crippen LogP contribution is -2.41. The van der Waals surface area contributed by atoms with Gasteiger partial charge in [-0.25, -0.2) is 8.42 Å². The molecule has 7 heteroatoms. The molecule has 0 unspecified atom stereocenters. The molecule has 2 aromatic rings. The lowest BCUT2D eigenvalue weighted by molar-refractivity contribution is -0.117. The van der Waals surface area contributed by atoms with Crippen molar-refractivity contribution in [3.05, 3.63) is 48.0 Å². The fourth-order valence-corrected chi connectivity index (χ4v) is 4.76. The number of fused-ring (bicyclic) bond motifs is 1. The monoisotopic (exact) mass is 388 g/mol. The summed E-state index contributed by atoms with van der Waals surface area (Å²) >= 11 is 0. The highest BCUT2D eigenvalue weighted by Crippen LogP contribution is 2.36. The highest BCUT2D eigenvalue weighted by Gasteiger charge is 2.30. The second-order valence-electron chi connectivity index (χ2n) is 6.70. The molecule has 0 N–H and O–H groups in total. The smallest absolute Gasteiger partial charge is 0.264 e. The Bertz CT molecular complexity index is 972. The van der Waals surface area contributed by atoms with Crippen molar-refractivity contribution in [1.82, 2.24) is 0 Å². The van der Waals surface area contributed by atoms with Crippen molar-refractivity contribution >= 4 is 27.3 Å². The van der Waals surface area contributed by atoms with Crippen molar-refractivity contribution in [2.75, 3.05) is 22.3 Å². The average Bonchev–Trinajstić information content (AvgIpc) is 2.60. The van der Waals surface area contributed by atoms with E-state index < -0.39 is 10.0 Å². The van der Waals surface area contributed by atoms with Crippen molar-refractivity contribution < 1.29 is 17.9 Å². The largest absolute Gasteiger partial charge is 0.487 e. The maximum absolute atomic E-state index is 13.3. The Hall–Kier alpha value is -2.54. The number of carbonyl (C=O) groups excluding carboxylic acids is 1. The van der Waals surface area contributed by atoms with Crippen LogP contribution < -0.4 is 13.9 Å². The van der Waals surface area contributed by atoms with E-state index in [0.29, 0.717) is 30.2 Å². The van der Waals surface area contributed by atoms with Crippen LogP contribution in [-0.2, 0) is 14.8 Å². The molecule has 6 nitrogen and oxygen atoms in total. The number of benzene rings is 2. The SMILES string of the molecule is CCN(c1cccc(C)c1)S(=O)(=O)c1ccc2c(c1)N(C(C)=O)C[C@H](C)O2. The van der Waals surface area contributed by atoms with Gasteiger partial charge in [0, 0.05) is 13.5 Å². The molecule has 0 saturated carbocycles. The summed E-state index contributed by atoms with van der Waals surface area (Å²) in [4.78, 5) is 13.7. The van der Waals surface area contributed by atoms with Crippen LogP contribution in [-0.4, -0.2) is 33.5 Å². The summed E-state index contributed by atoms with van der Waals surface area (Å²) in [5.41, 5.74) is 2.09. The van der Waals surface area contributed by atoms with Crippen molar-refractivity contribution in [2.24, 2.45) is 0 Å². The lowest BCUT2D eigenvalue weighted by Gasteiger charge is -2.33. The molecule has 1 aliphatic rings. The van der Waals surface area contributed by atoms with Crippen LogP contribution in [0.1, 0.15) is 26.3 Å². The summed E-state index contributed by atoms with van der Waals surface area (Å²) in [6.45, 7) is 7.75. The standard InChI is InChI=1S/C20H24N2O4S/c1-5-22(17-8-6-7-14(2)11-17)27(24,25)18-9-10-20-19(12-18)21(16(4)23)13-15(3)26-20/h6-12,15H,5,13H2,1-4H3/t15-/m0/s1. The predicted octanol–water partition coefficient (Wildman–Crippen LogP) is 3.34. The van der Waals surface area contributed by atoms with E-state index in [1.54, 1.807) is 24.0 Å². The van der Waals surface area contributed by atoms with Gasteiger partial charge in [-0.2, -0.15) is 0 Å².